The topological polar surface area (TPSA) is 105 Å². The summed E-state index contributed by atoms with van der Waals surface area (Å²) < 4.78 is 0. The van der Waals surface area contributed by atoms with Crippen LogP contribution in [0, 0.1) is 10.1 Å². The number of pyridine rings is 1. The second kappa shape index (κ2) is 5.66. The first kappa shape index (κ1) is 13.9. The average molecular weight is 296 g/mol. The van der Waals surface area contributed by atoms with E-state index in [0.717, 1.165) is 11.8 Å². The monoisotopic (exact) mass is 295 g/mol. The highest BCUT2D eigenvalue weighted by Gasteiger charge is 2.24. The Morgan fingerprint density at radius 2 is 2.30 bits per heavy atom. The van der Waals surface area contributed by atoms with Crippen molar-refractivity contribution in [1.82, 2.24) is 20.1 Å². The molecule has 2 aromatic heterocycles. The molecule has 104 valence electrons. The smallest absolute Gasteiger partial charge is 0.300 e. The predicted molar refractivity (Wildman–Crippen MR) is 70.3 cm³/mol. The number of amides is 1. The number of H-pyrrole nitrogens is 1. The van der Waals surface area contributed by atoms with Crippen LogP contribution in [0.15, 0.2) is 24.7 Å². The van der Waals surface area contributed by atoms with E-state index < -0.39 is 10.8 Å². The fraction of sp³-hybridized carbons (Fsp3) is 0.182. The van der Waals surface area contributed by atoms with Crippen LogP contribution in [0.5, 0.6) is 0 Å². The molecule has 0 radical (unpaired) electrons. The molecule has 0 aliphatic rings. The molecule has 1 amide bonds. The maximum atomic E-state index is 12.3. The van der Waals surface area contributed by atoms with Gasteiger partial charge in [-0.15, -0.1) is 0 Å². The molecule has 1 N–H and O–H groups in total. The van der Waals surface area contributed by atoms with E-state index in [9.17, 15) is 14.9 Å². The summed E-state index contributed by atoms with van der Waals surface area (Å²) >= 11 is 5.69. The molecule has 20 heavy (non-hydrogen) atoms. The van der Waals surface area contributed by atoms with E-state index in [4.69, 9.17) is 11.6 Å². The van der Waals surface area contributed by atoms with Gasteiger partial charge in [0.1, 0.15) is 16.9 Å². The average Bonchev–Trinajstić information content (AvgIpc) is 2.90. The van der Waals surface area contributed by atoms with Gasteiger partial charge in [-0.1, -0.05) is 11.6 Å². The van der Waals surface area contributed by atoms with Gasteiger partial charge in [0.2, 0.25) is 0 Å². The van der Waals surface area contributed by atoms with Crippen LogP contribution in [-0.2, 0) is 6.54 Å². The molecule has 0 saturated carbocycles. The molecule has 0 atom stereocenters. The number of nitrogens with zero attached hydrogens (tertiary/aromatic N) is 4. The van der Waals surface area contributed by atoms with Crippen LogP contribution in [0.1, 0.15) is 15.9 Å². The van der Waals surface area contributed by atoms with Gasteiger partial charge in [0.25, 0.3) is 11.6 Å². The molecule has 8 nitrogen and oxygen atoms in total. The zero-order valence-corrected chi connectivity index (χ0v) is 11.2. The number of nitrogens with one attached hydrogen (secondary N) is 1. The van der Waals surface area contributed by atoms with Crippen LogP contribution < -0.4 is 0 Å². The van der Waals surface area contributed by atoms with Gasteiger partial charge in [0, 0.05) is 25.4 Å². The van der Waals surface area contributed by atoms with E-state index in [1.807, 2.05) is 0 Å². The highest BCUT2D eigenvalue weighted by atomic mass is 35.5. The summed E-state index contributed by atoms with van der Waals surface area (Å²) in [6.07, 6.45) is 4.18. The van der Waals surface area contributed by atoms with Crippen molar-refractivity contribution in [2.45, 2.75) is 6.54 Å². The number of aromatic amines is 1. The fourth-order valence-electron chi connectivity index (χ4n) is 1.65. The maximum absolute atomic E-state index is 12.3. The largest absolute Gasteiger partial charge is 0.337 e. The van der Waals surface area contributed by atoms with Crippen molar-refractivity contribution in [1.29, 1.82) is 0 Å². The molecule has 2 aromatic rings. The van der Waals surface area contributed by atoms with Crippen molar-refractivity contribution in [2.75, 3.05) is 7.05 Å². The molecule has 0 unspecified atom stereocenters. The number of hydrogen-bond acceptors (Lipinski definition) is 5. The molecule has 0 saturated heterocycles. The van der Waals surface area contributed by atoms with Gasteiger partial charge in [-0.3, -0.25) is 20.0 Å². The number of halogens is 1. The van der Waals surface area contributed by atoms with E-state index in [1.54, 1.807) is 12.4 Å². The molecule has 0 fully saturated rings. The highest BCUT2D eigenvalue weighted by molar-refractivity contribution is 6.29. The molecular weight excluding hydrogens is 286 g/mol. The van der Waals surface area contributed by atoms with Gasteiger partial charge in [-0.05, 0) is 6.07 Å². The molecule has 9 heteroatoms. The number of aromatic nitrogens is 3. The summed E-state index contributed by atoms with van der Waals surface area (Å²) in [6, 6.07) is 1.19. The Bertz CT molecular complexity index is 644. The molecular formula is C11H10ClN5O3. The maximum Gasteiger partial charge on any atom is 0.300 e. The zero-order valence-electron chi connectivity index (χ0n) is 10.4. The summed E-state index contributed by atoms with van der Waals surface area (Å²) in [6.45, 7) is 0.270. The lowest BCUT2D eigenvalue weighted by molar-refractivity contribution is -0.385. The number of carbonyl (C=O) groups excluding carboxylic acids is 1. The van der Waals surface area contributed by atoms with Crippen molar-refractivity contribution in [3.63, 3.8) is 0 Å². The lowest BCUT2D eigenvalue weighted by Crippen LogP contribution is -2.26. The van der Waals surface area contributed by atoms with Crippen LogP contribution >= 0.6 is 11.6 Å². The van der Waals surface area contributed by atoms with Gasteiger partial charge in [0.05, 0.1) is 11.1 Å². The van der Waals surface area contributed by atoms with E-state index in [-0.39, 0.29) is 22.9 Å². The van der Waals surface area contributed by atoms with E-state index >= 15 is 0 Å². The fourth-order valence-corrected chi connectivity index (χ4v) is 1.81. The summed E-state index contributed by atoms with van der Waals surface area (Å²) in [5.41, 5.74) is 0.308. The first-order valence-corrected chi connectivity index (χ1v) is 5.90. The molecule has 0 spiro atoms. The summed E-state index contributed by atoms with van der Waals surface area (Å²) in [7, 11) is 1.54. The number of hydrogen-bond donors (Lipinski definition) is 1. The van der Waals surface area contributed by atoms with Gasteiger partial charge in [-0.2, -0.15) is 5.10 Å². The second-order valence-corrected chi connectivity index (χ2v) is 4.44. The first-order valence-electron chi connectivity index (χ1n) is 5.52. The van der Waals surface area contributed by atoms with E-state index in [1.165, 1.54) is 18.0 Å². The Morgan fingerprint density at radius 1 is 1.55 bits per heavy atom. The third-order valence-corrected chi connectivity index (χ3v) is 2.80. The zero-order chi connectivity index (χ0) is 14.7. The lowest BCUT2D eigenvalue weighted by Gasteiger charge is -2.16. The molecule has 0 bridgehead atoms. The minimum Gasteiger partial charge on any atom is -0.337 e. The standard InChI is InChI=1S/C11H10ClN5O3/c1-16(6-7-3-14-15-4-7)11(18)8-2-10(12)13-5-9(8)17(19)20/h2-5H,6H2,1H3,(H,14,15). The molecule has 0 aliphatic carbocycles. The number of rotatable bonds is 4. The predicted octanol–water partition coefficient (Wildman–Crippen LogP) is 1.64. The van der Waals surface area contributed by atoms with Crippen molar-refractivity contribution >= 4 is 23.2 Å². The van der Waals surface area contributed by atoms with Crippen LogP contribution in [-0.4, -0.2) is 38.0 Å². The van der Waals surface area contributed by atoms with E-state index in [2.05, 4.69) is 15.2 Å². The molecule has 2 heterocycles. The molecule has 0 aromatic carbocycles. The number of carbonyl (C=O) groups is 1. The third-order valence-electron chi connectivity index (χ3n) is 2.60. The third kappa shape index (κ3) is 2.91. The SMILES string of the molecule is CN(Cc1cn[nH]c1)C(=O)c1cc(Cl)ncc1[N+](=O)[O-]. The first-order chi connectivity index (χ1) is 9.49. The molecule has 0 aliphatic heterocycles. The van der Waals surface area contributed by atoms with Crippen molar-refractivity contribution in [2.24, 2.45) is 0 Å². The Morgan fingerprint density at radius 3 is 2.90 bits per heavy atom. The van der Waals surface area contributed by atoms with Crippen LogP contribution in [0.4, 0.5) is 5.69 Å². The highest BCUT2D eigenvalue weighted by Crippen LogP contribution is 2.22. The van der Waals surface area contributed by atoms with Gasteiger partial charge < -0.3 is 4.90 Å². The summed E-state index contributed by atoms with van der Waals surface area (Å²) in [5.74, 6) is -0.512. The van der Waals surface area contributed by atoms with Gasteiger partial charge >= 0.3 is 0 Å². The molecule has 2 rings (SSSR count). The van der Waals surface area contributed by atoms with Crippen molar-refractivity contribution < 1.29 is 9.72 Å². The summed E-state index contributed by atoms with van der Waals surface area (Å²) in [4.78, 5) is 27.5. The van der Waals surface area contributed by atoms with Crippen LogP contribution in [0.3, 0.4) is 0 Å². The second-order valence-electron chi connectivity index (χ2n) is 4.05. The quantitative estimate of drug-likeness (QED) is 0.524. The Kier molecular flexibility index (Phi) is 3.94. The minimum atomic E-state index is -0.664. The lowest BCUT2D eigenvalue weighted by atomic mass is 10.2. The Hall–Kier alpha value is -2.48. The minimum absolute atomic E-state index is 0.0238. The number of nitro groups is 1. The van der Waals surface area contributed by atoms with Crippen LogP contribution in [0.2, 0.25) is 5.15 Å². The van der Waals surface area contributed by atoms with Gasteiger partial charge in [0.15, 0.2) is 0 Å². The van der Waals surface area contributed by atoms with Crippen LogP contribution in [0.25, 0.3) is 0 Å². The summed E-state index contributed by atoms with van der Waals surface area (Å²) in [5, 5.41) is 17.3. The van der Waals surface area contributed by atoms with Crippen molar-refractivity contribution in [3.05, 3.63) is 51.1 Å². The Balaban J connectivity index is 2.28. The van der Waals surface area contributed by atoms with Gasteiger partial charge in [-0.25, -0.2) is 4.98 Å². The van der Waals surface area contributed by atoms with Crippen molar-refractivity contribution in [3.8, 4) is 0 Å². The normalized spacial score (nSPS) is 10.3. The van der Waals surface area contributed by atoms with E-state index in [0.29, 0.717) is 0 Å². The Labute approximate surface area is 118 Å².